The Morgan fingerprint density at radius 3 is 2.52 bits per heavy atom. The summed E-state index contributed by atoms with van der Waals surface area (Å²) in [6, 6.07) is 12.2. The van der Waals surface area contributed by atoms with Crippen LogP contribution in [0.5, 0.6) is 5.75 Å². The average molecular weight is 382 g/mol. The summed E-state index contributed by atoms with van der Waals surface area (Å²) >= 11 is 3.28. The van der Waals surface area contributed by atoms with Crippen LogP contribution < -0.4 is 10.1 Å². The van der Waals surface area contributed by atoms with Crippen molar-refractivity contribution in [3.63, 3.8) is 0 Å². The molecule has 0 aliphatic carbocycles. The first-order chi connectivity index (χ1) is 11.0. The summed E-state index contributed by atoms with van der Waals surface area (Å²) < 4.78 is 23.4. The topological polar surface area (TPSA) is 64.6 Å². The van der Waals surface area contributed by atoms with Crippen molar-refractivity contribution in [1.29, 1.82) is 0 Å². The standard InChI is InChI=1S/C16H13BrFNO4/c17-11-2-1-3-13(8-11)19-15(20)9-23-16(21)10-22-14-6-4-12(18)5-7-14/h1-8H,9-10H2,(H,19,20). The third kappa shape index (κ3) is 6.07. The summed E-state index contributed by atoms with van der Waals surface area (Å²) in [5.74, 6) is -1.22. The van der Waals surface area contributed by atoms with Crippen LogP contribution >= 0.6 is 15.9 Å². The van der Waals surface area contributed by atoms with Crippen LogP contribution in [0.2, 0.25) is 0 Å². The van der Waals surface area contributed by atoms with Crippen LogP contribution in [0.4, 0.5) is 10.1 Å². The summed E-state index contributed by atoms with van der Waals surface area (Å²) in [5.41, 5.74) is 0.586. The molecule has 0 aromatic heterocycles. The highest BCUT2D eigenvalue weighted by Gasteiger charge is 2.09. The minimum absolute atomic E-state index is 0.335. The molecule has 0 bridgehead atoms. The molecule has 0 atom stereocenters. The maximum Gasteiger partial charge on any atom is 0.344 e. The Labute approximate surface area is 140 Å². The molecular formula is C16H13BrFNO4. The molecule has 7 heteroatoms. The zero-order valence-corrected chi connectivity index (χ0v) is 13.5. The molecule has 2 aromatic rings. The minimum atomic E-state index is -0.696. The summed E-state index contributed by atoms with van der Waals surface area (Å²) in [6.07, 6.45) is 0. The minimum Gasteiger partial charge on any atom is -0.482 e. The number of esters is 1. The molecule has 0 heterocycles. The Hall–Kier alpha value is -2.41. The molecule has 2 aromatic carbocycles. The third-order valence-electron chi connectivity index (χ3n) is 2.64. The van der Waals surface area contributed by atoms with Gasteiger partial charge in [-0.25, -0.2) is 9.18 Å². The van der Waals surface area contributed by atoms with Crippen LogP contribution in [0.3, 0.4) is 0 Å². The molecule has 0 unspecified atom stereocenters. The number of carbonyl (C=O) groups excluding carboxylic acids is 2. The Bertz CT molecular complexity index is 691. The molecule has 0 fully saturated rings. The number of rotatable bonds is 6. The molecule has 23 heavy (non-hydrogen) atoms. The van der Waals surface area contributed by atoms with Crippen molar-refractivity contribution < 1.29 is 23.5 Å². The number of halogens is 2. The average Bonchev–Trinajstić information content (AvgIpc) is 2.52. The molecule has 0 saturated heterocycles. The second-order valence-electron chi connectivity index (χ2n) is 4.46. The van der Waals surface area contributed by atoms with E-state index in [1.54, 1.807) is 18.2 Å². The molecule has 1 N–H and O–H groups in total. The van der Waals surface area contributed by atoms with Crippen molar-refractivity contribution in [2.75, 3.05) is 18.5 Å². The number of amides is 1. The Morgan fingerprint density at radius 2 is 1.83 bits per heavy atom. The fraction of sp³-hybridized carbons (Fsp3) is 0.125. The van der Waals surface area contributed by atoms with E-state index in [0.29, 0.717) is 11.4 Å². The van der Waals surface area contributed by atoms with Crippen molar-refractivity contribution in [2.45, 2.75) is 0 Å². The van der Waals surface area contributed by atoms with Gasteiger partial charge in [-0.15, -0.1) is 0 Å². The molecule has 0 radical (unpaired) electrons. The zero-order chi connectivity index (χ0) is 16.7. The van der Waals surface area contributed by atoms with Gasteiger partial charge in [-0.2, -0.15) is 0 Å². The first-order valence-electron chi connectivity index (χ1n) is 6.62. The number of nitrogens with one attached hydrogen (secondary N) is 1. The second kappa shape index (κ2) is 8.28. The highest BCUT2D eigenvalue weighted by Crippen LogP contribution is 2.15. The molecule has 2 rings (SSSR count). The van der Waals surface area contributed by atoms with E-state index < -0.39 is 24.3 Å². The smallest absolute Gasteiger partial charge is 0.344 e. The molecule has 5 nitrogen and oxygen atoms in total. The summed E-state index contributed by atoms with van der Waals surface area (Å²) in [5, 5.41) is 2.59. The van der Waals surface area contributed by atoms with Crippen molar-refractivity contribution in [2.24, 2.45) is 0 Å². The SMILES string of the molecule is O=C(COC(=O)COc1ccc(F)cc1)Nc1cccc(Br)c1. The van der Waals surface area contributed by atoms with E-state index in [2.05, 4.69) is 21.2 Å². The summed E-state index contributed by atoms with van der Waals surface area (Å²) in [6.45, 7) is -0.784. The van der Waals surface area contributed by atoms with E-state index in [1.807, 2.05) is 6.07 Å². The van der Waals surface area contributed by atoms with Gasteiger partial charge in [-0.3, -0.25) is 4.79 Å². The molecule has 0 spiro atoms. The number of ether oxygens (including phenoxy) is 2. The van der Waals surface area contributed by atoms with Gasteiger partial charge in [0.1, 0.15) is 11.6 Å². The predicted molar refractivity (Wildman–Crippen MR) is 85.6 cm³/mol. The quantitative estimate of drug-likeness (QED) is 0.780. The Morgan fingerprint density at radius 1 is 1.09 bits per heavy atom. The molecule has 1 amide bonds. The highest BCUT2D eigenvalue weighted by molar-refractivity contribution is 9.10. The fourth-order valence-electron chi connectivity index (χ4n) is 1.62. The first-order valence-corrected chi connectivity index (χ1v) is 7.41. The number of hydrogen-bond donors (Lipinski definition) is 1. The Kier molecular flexibility index (Phi) is 6.10. The molecule has 0 aliphatic rings. The van der Waals surface area contributed by atoms with Crippen LogP contribution in [0.15, 0.2) is 53.0 Å². The van der Waals surface area contributed by atoms with Crippen molar-refractivity contribution in [1.82, 2.24) is 0 Å². The van der Waals surface area contributed by atoms with E-state index in [-0.39, 0.29) is 6.61 Å². The van der Waals surface area contributed by atoms with Gasteiger partial charge in [0.25, 0.3) is 5.91 Å². The largest absolute Gasteiger partial charge is 0.482 e. The third-order valence-corrected chi connectivity index (χ3v) is 3.14. The zero-order valence-electron chi connectivity index (χ0n) is 11.9. The van der Waals surface area contributed by atoms with E-state index in [1.165, 1.54) is 24.3 Å². The molecule has 0 aliphatic heterocycles. The van der Waals surface area contributed by atoms with Gasteiger partial charge in [-0.1, -0.05) is 22.0 Å². The van der Waals surface area contributed by atoms with E-state index in [0.717, 1.165) is 4.47 Å². The van der Waals surface area contributed by atoms with Gasteiger partial charge >= 0.3 is 5.97 Å². The van der Waals surface area contributed by atoms with Gasteiger partial charge in [0.2, 0.25) is 0 Å². The number of carbonyl (C=O) groups is 2. The highest BCUT2D eigenvalue weighted by atomic mass is 79.9. The first kappa shape index (κ1) is 17.0. The van der Waals surface area contributed by atoms with Crippen LogP contribution in [0.1, 0.15) is 0 Å². The maximum absolute atomic E-state index is 12.7. The number of hydrogen-bond acceptors (Lipinski definition) is 4. The maximum atomic E-state index is 12.7. The van der Waals surface area contributed by atoms with Gasteiger partial charge < -0.3 is 14.8 Å². The second-order valence-corrected chi connectivity index (χ2v) is 5.38. The lowest BCUT2D eigenvalue weighted by atomic mass is 10.3. The Balaban J connectivity index is 1.71. The monoisotopic (exact) mass is 381 g/mol. The number of benzene rings is 2. The molecule has 120 valence electrons. The lowest BCUT2D eigenvalue weighted by Gasteiger charge is -2.08. The fourth-order valence-corrected chi connectivity index (χ4v) is 2.02. The molecule has 0 saturated carbocycles. The van der Waals surface area contributed by atoms with Crippen LogP contribution in [-0.2, 0) is 14.3 Å². The van der Waals surface area contributed by atoms with Gasteiger partial charge in [-0.05, 0) is 42.5 Å². The van der Waals surface area contributed by atoms with Crippen LogP contribution in [0, 0.1) is 5.82 Å². The number of anilines is 1. The predicted octanol–water partition coefficient (Wildman–Crippen LogP) is 3.15. The van der Waals surface area contributed by atoms with Crippen molar-refractivity contribution >= 4 is 33.5 Å². The summed E-state index contributed by atoms with van der Waals surface area (Å²) in [7, 11) is 0. The summed E-state index contributed by atoms with van der Waals surface area (Å²) in [4.78, 5) is 23.1. The van der Waals surface area contributed by atoms with Crippen molar-refractivity contribution in [3.8, 4) is 5.75 Å². The lowest BCUT2D eigenvalue weighted by Crippen LogP contribution is -2.23. The van der Waals surface area contributed by atoms with E-state index >= 15 is 0 Å². The van der Waals surface area contributed by atoms with Crippen LogP contribution in [-0.4, -0.2) is 25.1 Å². The van der Waals surface area contributed by atoms with E-state index in [9.17, 15) is 14.0 Å². The van der Waals surface area contributed by atoms with Gasteiger partial charge in [0.05, 0.1) is 0 Å². The lowest BCUT2D eigenvalue weighted by molar-refractivity contribution is -0.149. The molecular weight excluding hydrogens is 369 g/mol. The normalized spacial score (nSPS) is 10.0. The van der Waals surface area contributed by atoms with Crippen LogP contribution in [0.25, 0.3) is 0 Å². The van der Waals surface area contributed by atoms with Gasteiger partial charge in [0.15, 0.2) is 13.2 Å². The van der Waals surface area contributed by atoms with Gasteiger partial charge in [0, 0.05) is 10.2 Å². The van der Waals surface area contributed by atoms with Crippen molar-refractivity contribution in [3.05, 3.63) is 58.8 Å². The van der Waals surface area contributed by atoms with E-state index in [4.69, 9.17) is 9.47 Å².